The number of rotatable bonds is 8. The Kier molecular flexibility index (Phi) is 7.56. The summed E-state index contributed by atoms with van der Waals surface area (Å²) in [7, 11) is 0. The van der Waals surface area contributed by atoms with Crippen molar-refractivity contribution >= 4 is 29.6 Å². The maximum absolute atomic E-state index is 13.9. The number of nitrogens with zero attached hydrogens (tertiary/aromatic N) is 3. The van der Waals surface area contributed by atoms with E-state index >= 15 is 0 Å². The van der Waals surface area contributed by atoms with Gasteiger partial charge in [-0.25, -0.2) is 9.59 Å². The third kappa shape index (κ3) is 5.10. The molecule has 9 heteroatoms. The minimum Gasteiger partial charge on any atom is -0.451 e. The van der Waals surface area contributed by atoms with Gasteiger partial charge < -0.3 is 14.4 Å². The summed E-state index contributed by atoms with van der Waals surface area (Å²) in [6.07, 6.45) is 0.173. The van der Waals surface area contributed by atoms with E-state index in [1.807, 2.05) is 135 Å². The summed E-state index contributed by atoms with van der Waals surface area (Å²) in [5, 5.41) is 7.94. The fourth-order valence-corrected chi connectivity index (χ4v) is 7.93. The highest BCUT2D eigenvalue weighted by Gasteiger charge is 2.73. The maximum atomic E-state index is 13.9. The highest BCUT2D eigenvalue weighted by molar-refractivity contribution is 8.01. The number of carbonyl (C=O) groups is 3. The lowest BCUT2D eigenvalue weighted by molar-refractivity contribution is -0.168. The van der Waals surface area contributed by atoms with Gasteiger partial charge in [0.15, 0.2) is 17.9 Å². The third-order valence-corrected chi connectivity index (χ3v) is 10.2. The third-order valence-electron chi connectivity index (χ3n) is 8.54. The summed E-state index contributed by atoms with van der Waals surface area (Å²) in [5.74, 6) is -1.59. The number of azo groups is 1. The molecule has 0 radical (unpaired) electrons. The summed E-state index contributed by atoms with van der Waals surface area (Å²) in [4.78, 5) is 42.8. The van der Waals surface area contributed by atoms with Crippen LogP contribution in [0.1, 0.15) is 48.3 Å². The van der Waals surface area contributed by atoms with E-state index in [0.29, 0.717) is 0 Å². The Morgan fingerprint density at radius 2 is 1.15 bits per heavy atom. The molecule has 3 atom stereocenters. The lowest BCUT2D eigenvalue weighted by Gasteiger charge is -2.47. The van der Waals surface area contributed by atoms with Crippen LogP contribution in [0.3, 0.4) is 0 Å². The lowest BCUT2D eigenvalue weighted by atomic mass is 9.85. The number of benzene rings is 4. The molecule has 2 fully saturated rings. The molecule has 3 heterocycles. The molecule has 3 aliphatic rings. The number of carbonyl (C=O) groups excluding carboxylic acids is 3. The molecule has 2 saturated heterocycles. The molecule has 0 saturated carbocycles. The molecule has 1 unspecified atom stereocenters. The van der Waals surface area contributed by atoms with E-state index in [0.717, 1.165) is 22.3 Å². The van der Waals surface area contributed by atoms with Crippen LogP contribution in [0.4, 0.5) is 0 Å². The van der Waals surface area contributed by atoms with Crippen molar-refractivity contribution in [2.75, 3.05) is 0 Å². The molecule has 230 valence electrons. The quantitative estimate of drug-likeness (QED) is 0.157. The normalized spacial score (nSPS) is 22.5. The van der Waals surface area contributed by atoms with Gasteiger partial charge in [-0.15, -0.1) is 16.9 Å². The molecule has 7 rings (SSSR count). The van der Waals surface area contributed by atoms with Crippen molar-refractivity contribution < 1.29 is 23.9 Å². The zero-order valence-corrected chi connectivity index (χ0v) is 26.0. The average Bonchev–Trinajstić information content (AvgIpc) is 3.67. The van der Waals surface area contributed by atoms with Gasteiger partial charge >= 0.3 is 11.9 Å². The second-order valence-corrected chi connectivity index (χ2v) is 13.7. The highest BCUT2D eigenvalue weighted by Crippen LogP contribution is 2.58. The predicted molar refractivity (Wildman–Crippen MR) is 173 cm³/mol. The lowest BCUT2D eigenvalue weighted by Crippen LogP contribution is -2.71. The van der Waals surface area contributed by atoms with Crippen molar-refractivity contribution in [3.8, 4) is 0 Å². The first-order valence-corrected chi connectivity index (χ1v) is 15.9. The standard InChI is InChI=1S/C37H31N3O5S/c1-36(2)31(33(42)45-30(26-19-11-5-12-20-26)27-21-13-6-14-22-27)40-34(43)37(35(40)46-36)23-28(38-39-37)32(41)44-29(24-15-7-3-8-16-24)25-17-9-4-10-18-25/h3-23,29-31,35H,1-2H3/t31-,35+,37?/m0/s1. The van der Waals surface area contributed by atoms with E-state index in [-0.39, 0.29) is 5.70 Å². The van der Waals surface area contributed by atoms with Crippen molar-refractivity contribution in [1.29, 1.82) is 0 Å². The van der Waals surface area contributed by atoms with E-state index < -0.39 is 51.8 Å². The number of amides is 1. The first-order chi connectivity index (χ1) is 22.3. The molecular formula is C37H31N3O5S. The van der Waals surface area contributed by atoms with Gasteiger partial charge in [0.1, 0.15) is 11.4 Å². The number of β-lactam (4-membered cyclic amide) rings is 1. The predicted octanol–water partition coefficient (Wildman–Crippen LogP) is 6.80. The minimum absolute atomic E-state index is 0.0393. The van der Waals surface area contributed by atoms with Crippen LogP contribution in [0, 0.1) is 0 Å². The second-order valence-electron chi connectivity index (χ2n) is 12.0. The van der Waals surface area contributed by atoms with Crippen LogP contribution in [0.2, 0.25) is 0 Å². The van der Waals surface area contributed by atoms with Crippen LogP contribution in [-0.4, -0.2) is 44.4 Å². The van der Waals surface area contributed by atoms with Crippen LogP contribution in [0.25, 0.3) is 0 Å². The minimum atomic E-state index is -1.39. The topological polar surface area (TPSA) is 97.6 Å². The van der Waals surface area contributed by atoms with Gasteiger partial charge in [-0.05, 0) is 42.2 Å². The Labute approximate surface area is 271 Å². The largest absolute Gasteiger partial charge is 0.451 e. The molecule has 46 heavy (non-hydrogen) atoms. The Balaban J connectivity index is 1.12. The second kappa shape index (κ2) is 11.7. The number of hydrogen-bond donors (Lipinski definition) is 0. The molecule has 4 aromatic carbocycles. The van der Waals surface area contributed by atoms with Gasteiger partial charge in [0.2, 0.25) is 5.54 Å². The van der Waals surface area contributed by atoms with Crippen LogP contribution in [0.5, 0.6) is 0 Å². The highest BCUT2D eigenvalue weighted by atomic mass is 32.2. The van der Waals surface area contributed by atoms with Crippen molar-refractivity contribution in [2.45, 2.75) is 47.8 Å². The van der Waals surface area contributed by atoms with Crippen LogP contribution >= 0.6 is 11.8 Å². The average molecular weight is 630 g/mol. The fraction of sp³-hybridized carbons (Fsp3) is 0.216. The molecule has 4 aromatic rings. The molecule has 8 nitrogen and oxygen atoms in total. The summed E-state index contributed by atoms with van der Waals surface area (Å²) >= 11 is 1.45. The first kappa shape index (κ1) is 29.7. The summed E-state index contributed by atoms with van der Waals surface area (Å²) in [6.45, 7) is 3.83. The van der Waals surface area contributed by atoms with Crippen LogP contribution in [-0.2, 0) is 23.9 Å². The zero-order valence-electron chi connectivity index (χ0n) is 25.2. The molecule has 0 aliphatic carbocycles. The molecule has 0 bridgehead atoms. The van der Waals surface area contributed by atoms with Crippen LogP contribution in [0.15, 0.2) is 143 Å². The molecule has 1 amide bonds. The Morgan fingerprint density at radius 1 is 0.717 bits per heavy atom. The van der Waals surface area contributed by atoms with Gasteiger partial charge in [-0.3, -0.25) is 4.79 Å². The first-order valence-electron chi connectivity index (χ1n) is 15.1. The number of ether oxygens (including phenoxy) is 2. The van der Waals surface area contributed by atoms with E-state index in [9.17, 15) is 14.4 Å². The molecule has 0 N–H and O–H groups in total. The summed E-state index contributed by atoms with van der Waals surface area (Å²) < 4.78 is 11.5. The number of hydrogen-bond acceptors (Lipinski definition) is 8. The summed E-state index contributed by atoms with van der Waals surface area (Å²) in [6, 6.07) is 37.1. The summed E-state index contributed by atoms with van der Waals surface area (Å²) in [5.41, 5.74) is 1.83. The zero-order chi connectivity index (χ0) is 31.9. The maximum Gasteiger partial charge on any atom is 0.359 e. The van der Waals surface area contributed by atoms with E-state index in [2.05, 4.69) is 10.2 Å². The van der Waals surface area contributed by atoms with Gasteiger partial charge in [0.25, 0.3) is 5.91 Å². The van der Waals surface area contributed by atoms with Gasteiger partial charge in [0.05, 0.1) is 0 Å². The Bertz CT molecular complexity index is 1750. The molecular weight excluding hydrogens is 598 g/mol. The van der Waals surface area contributed by atoms with Gasteiger partial charge in [-0.2, -0.15) is 5.11 Å². The number of thioether (sulfide) groups is 1. The van der Waals surface area contributed by atoms with Crippen molar-refractivity contribution in [1.82, 2.24) is 4.90 Å². The van der Waals surface area contributed by atoms with Crippen LogP contribution < -0.4 is 0 Å². The van der Waals surface area contributed by atoms with Crippen molar-refractivity contribution in [2.24, 2.45) is 10.2 Å². The van der Waals surface area contributed by atoms with E-state index in [1.165, 1.54) is 22.7 Å². The van der Waals surface area contributed by atoms with Gasteiger partial charge in [-0.1, -0.05) is 121 Å². The SMILES string of the molecule is CC1(C)S[C@H]2N(C(=O)C23C=C(C(=O)OC(c2ccccc2)c2ccccc2)N=N3)[C@H]1C(=O)OC(c1ccccc1)c1ccccc1. The Morgan fingerprint density at radius 3 is 1.61 bits per heavy atom. The Hall–Kier alpha value is -5.02. The molecule has 1 spiro atoms. The van der Waals surface area contributed by atoms with E-state index in [4.69, 9.17) is 9.47 Å². The van der Waals surface area contributed by atoms with Gasteiger partial charge in [0, 0.05) is 4.75 Å². The molecule has 0 aromatic heterocycles. The smallest absolute Gasteiger partial charge is 0.359 e. The fourth-order valence-electron chi connectivity index (χ4n) is 6.29. The monoisotopic (exact) mass is 629 g/mol. The van der Waals surface area contributed by atoms with E-state index in [1.54, 1.807) is 0 Å². The number of esters is 2. The molecule has 3 aliphatic heterocycles. The van der Waals surface area contributed by atoms with Crippen molar-refractivity contribution in [3.63, 3.8) is 0 Å². The van der Waals surface area contributed by atoms with Crippen molar-refractivity contribution in [3.05, 3.63) is 155 Å². The number of fused-ring (bicyclic) bond motifs is 2.